The molecule has 0 N–H and O–H groups in total. The lowest BCUT2D eigenvalue weighted by Gasteiger charge is -2.28. The van der Waals surface area contributed by atoms with Crippen molar-refractivity contribution >= 4 is 22.8 Å². The summed E-state index contributed by atoms with van der Waals surface area (Å²) in [4.78, 5) is 18.7. The predicted molar refractivity (Wildman–Crippen MR) is 84.2 cm³/mol. The zero-order valence-electron chi connectivity index (χ0n) is 11.8. The molecule has 1 aliphatic rings. The average Bonchev–Trinajstić information content (AvgIpc) is 3.07. The van der Waals surface area contributed by atoms with Crippen molar-refractivity contribution in [3.63, 3.8) is 0 Å². The first-order valence-corrected chi connectivity index (χ1v) is 8.05. The van der Waals surface area contributed by atoms with Crippen molar-refractivity contribution in [3.05, 3.63) is 46.4 Å². The van der Waals surface area contributed by atoms with Gasteiger partial charge >= 0.3 is 0 Å². The molecule has 1 aromatic heterocycles. The number of hydrogen-bond acceptors (Lipinski definition) is 5. The van der Waals surface area contributed by atoms with Crippen molar-refractivity contribution in [3.8, 4) is 0 Å². The van der Waals surface area contributed by atoms with Gasteiger partial charge in [-0.2, -0.15) is 0 Å². The minimum atomic E-state index is 0.179. The Hall–Kier alpha value is -1.72. The number of thiazole rings is 1. The summed E-state index contributed by atoms with van der Waals surface area (Å²) in [6.45, 7) is 3.37. The quantitative estimate of drug-likeness (QED) is 0.797. The van der Waals surface area contributed by atoms with Crippen LogP contribution in [0.1, 0.15) is 21.8 Å². The molecule has 0 radical (unpaired) electrons. The highest BCUT2D eigenvalue weighted by atomic mass is 32.1. The molecule has 4 nitrogen and oxygen atoms in total. The number of ketones is 1. The van der Waals surface area contributed by atoms with Crippen LogP contribution in [0.3, 0.4) is 0 Å². The molecular weight excluding hydrogens is 284 g/mol. The number of benzene rings is 1. The molecule has 21 heavy (non-hydrogen) atoms. The monoisotopic (exact) mass is 302 g/mol. The molecule has 110 valence electrons. The number of ether oxygens (including phenoxy) is 1. The summed E-state index contributed by atoms with van der Waals surface area (Å²) in [5.41, 5.74) is 1.94. The molecular formula is C16H18N2O2S. The van der Waals surface area contributed by atoms with E-state index >= 15 is 0 Å². The Kier molecular flexibility index (Phi) is 4.62. The molecule has 3 rings (SSSR count). The number of morpholine rings is 1. The number of aryl methyl sites for hydroxylation is 1. The van der Waals surface area contributed by atoms with Crippen LogP contribution in [0.15, 0.2) is 35.8 Å². The Balaban J connectivity index is 1.59. The third kappa shape index (κ3) is 3.68. The number of Topliss-reactive ketones (excluding diaryl/α,β-unsaturated/α-hetero) is 1. The number of carbonyl (C=O) groups is 1. The summed E-state index contributed by atoms with van der Waals surface area (Å²) in [5.74, 6) is 0.179. The molecule has 0 atom stereocenters. The van der Waals surface area contributed by atoms with Crippen LogP contribution < -0.4 is 4.90 Å². The van der Waals surface area contributed by atoms with Crippen molar-refractivity contribution in [2.75, 3.05) is 31.2 Å². The van der Waals surface area contributed by atoms with Gasteiger partial charge in [-0.15, -0.1) is 11.3 Å². The Morgan fingerprint density at radius 2 is 2.00 bits per heavy atom. The molecule has 0 aliphatic carbocycles. The minimum Gasteiger partial charge on any atom is -0.378 e. The highest BCUT2D eigenvalue weighted by Gasteiger charge is 2.12. The van der Waals surface area contributed by atoms with Crippen LogP contribution >= 0.6 is 11.3 Å². The van der Waals surface area contributed by atoms with Gasteiger partial charge in [-0.05, 0) is 24.3 Å². The summed E-state index contributed by atoms with van der Waals surface area (Å²) in [6.07, 6.45) is 3.02. The van der Waals surface area contributed by atoms with Gasteiger partial charge in [-0.25, -0.2) is 4.98 Å². The Morgan fingerprint density at radius 3 is 2.67 bits per heavy atom. The summed E-state index contributed by atoms with van der Waals surface area (Å²) in [5, 5.41) is 2.96. The van der Waals surface area contributed by atoms with Crippen LogP contribution in [0.4, 0.5) is 5.69 Å². The first-order valence-electron chi connectivity index (χ1n) is 7.17. The number of nitrogens with zero attached hydrogens (tertiary/aromatic N) is 2. The first kappa shape index (κ1) is 14.2. The molecule has 0 unspecified atom stereocenters. The van der Waals surface area contributed by atoms with E-state index in [0.717, 1.165) is 49.0 Å². The van der Waals surface area contributed by atoms with Gasteiger partial charge in [0.2, 0.25) is 0 Å². The Labute approximate surface area is 128 Å². The molecule has 1 aliphatic heterocycles. The summed E-state index contributed by atoms with van der Waals surface area (Å²) in [7, 11) is 0. The van der Waals surface area contributed by atoms with E-state index < -0.39 is 0 Å². The van der Waals surface area contributed by atoms with Crippen molar-refractivity contribution < 1.29 is 9.53 Å². The number of anilines is 1. The van der Waals surface area contributed by atoms with Gasteiger partial charge < -0.3 is 9.64 Å². The van der Waals surface area contributed by atoms with E-state index in [-0.39, 0.29) is 5.78 Å². The van der Waals surface area contributed by atoms with Gasteiger partial charge in [0.05, 0.1) is 18.2 Å². The summed E-state index contributed by atoms with van der Waals surface area (Å²) in [6, 6.07) is 7.91. The van der Waals surface area contributed by atoms with E-state index in [2.05, 4.69) is 9.88 Å². The van der Waals surface area contributed by atoms with Gasteiger partial charge in [0.15, 0.2) is 5.78 Å². The molecule has 0 amide bonds. The van der Waals surface area contributed by atoms with E-state index in [1.54, 1.807) is 17.5 Å². The molecule has 1 fully saturated rings. The highest BCUT2D eigenvalue weighted by Crippen LogP contribution is 2.18. The lowest BCUT2D eigenvalue weighted by atomic mass is 10.1. The molecule has 1 aromatic carbocycles. The van der Waals surface area contributed by atoms with Crippen molar-refractivity contribution in [2.24, 2.45) is 0 Å². The molecule has 1 saturated heterocycles. The van der Waals surface area contributed by atoms with Gasteiger partial charge in [0.25, 0.3) is 0 Å². The maximum atomic E-state index is 12.2. The number of rotatable bonds is 5. The number of aromatic nitrogens is 1. The summed E-state index contributed by atoms with van der Waals surface area (Å²) >= 11 is 1.60. The largest absolute Gasteiger partial charge is 0.378 e. The second-order valence-electron chi connectivity index (χ2n) is 5.00. The number of hydrogen-bond donors (Lipinski definition) is 0. The Bertz CT molecular complexity index is 575. The highest BCUT2D eigenvalue weighted by molar-refractivity contribution is 7.09. The number of carbonyl (C=O) groups excluding carboxylic acids is 1. The van der Waals surface area contributed by atoms with Crippen LogP contribution in [0.2, 0.25) is 0 Å². The van der Waals surface area contributed by atoms with E-state index in [1.807, 2.05) is 29.6 Å². The third-order valence-corrected chi connectivity index (χ3v) is 4.45. The fraction of sp³-hybridized carbons (Fsp3) is 0.375. The van der Waals surface area contributed by atoms with Crippen LogP contribution in [0.5, 0.6) is 0 Å². The maximum Gasteiger partial charge on any atom is 0.163 e. The molecule has 5 heteroatoms. The smallest absolute Gasteiger partial charge is 0.163 e. The second kappa shape index (κ2) is 6.83. The van der Waals surface area contributed by atoms with Crippen molar-refractivity contribution in [2.45, 2.75) is 12.8 Å². The summed E-state index contributed by atoms with van der Waals surface area (Å²) < 4.78 is 5.35. The molecule has 0 spiro atoms. The molecule has 0 saturated carbocycles. The lowest BCUT2D eigenvalue weighted by Crippen LogP contribution is -2.36. The second-order valence-corrected chi connectivity index (χ2v) is 5.97. The van der Waals surface area contributed by atoms with Gasteiger partial charge in [-0.1, -0.05) is 0 Å². The zero-order chi connectivity index (χ0) is 14.5. The van der Waals surface area contributed by atoms with Crippen LogP contribution in [-0.4, -0.2) is 37.1 Å². The van der Waals surface area contributed by atoms with Crippen LogP contribution in [-0.2, 0) is 11.2 Å². The molecule has 2 aromatic rings. The van der Waals surface area contributed by atoms with Gasteiger partial charge in [0.1, 0.15) is 0 Å². The standard InChI is InChI=1S/C16H18N2O2S/c19-15(5-6-16-17-7-12-21-16)13-1-3-14(4-2-13)18-8-10-20-11-9-18/h1-4,7,12H,5-6,8-11H2. The van der Waals surface area contributed by atoms with Crippen LogP contribution in [0, 0.1) is 0 Å². The van der Waals surface area contributed by atoms with Gasteiger partial charge in [-0.3, -0.25) is 4.79 Å². The van der Waals surface area contributed by atoms with E-state index in [1.165, 1.54) is 0 Å². The maximum absolute atomic E-state index is 12.2. The topological polar surface area (TPSA) is 42.4 Å². The lowest BCUT2D eigenvalue weighted by molar-refractivity contribution is 0.0982. The minimum absolute atomic E-state index is 0.179. The molecule has 2 heterocycles. The fourth-order valence-electron chi connectivity index (χ4n) is 2.42. The van der Waals surface area contributed by atoms with E-state index in [4.69, 9.17) is 4.74 Å². The van der Waals surface area contributed by atoms with Gasteiger partial charge in [0, 0.05) is 48.8 Å². The van der Waals surface area contributed by atoms with E-state index in [0.29, 0.717) is 6.42 Å². The third-order valence-electron chi connectivity index (χ3n) is 3.61. The van der Waals surface area contributed by atoms with Crippen molar-refractivity contribution in [1.82, 2.24) is 4.98 Å². The first-order chi connectivity index (χ1) is 10.3. The molecule has 0 bridgehead atoms. The van der Waals surface area contributed by atoms with E-state index in [9.17, 15) is 4.79 Å². The SMILES string of the molecule is O=C(CCc1nccs1)c1ccc(N2CCOCC2)cc1. The normalized spacial score (nSPS) is 15.1. The fourth-order valence-corrected chi connectivity index (χ4v) is 3.04. The van der Waals surface area contributed by atoms with Crippen LogP contribution in [0.25, 0.3) is 0 Å². The Morgan fingerprint density at radius 1 is 1.24 bits per heavy atom. The zero-order valence-corrected chi connectivity index (χ0v) is 12.6. The van der Waals surface area contributed by atoms with Crippen molar-refractivity contribution in [1.29, 1.82) is 0 Å². The predicted octanol–water partition coefficient (Wildman–Crippen LogP) is 2.80. The average molecular weight is 302 g/mol.